The van der Waals surface area contributed by atoms with Crippen LogP contribution in [0.25, 0.3) is 5.57 Å². The number of ketones is 1. The molecule has 0 bridgehead atoms. The number of ether oxygens (including phenoxy) is 1. The molecule has 184 valence electrons. The van der Waals surface area contributed by atoms with E-state index in [9.17, 15) is 9.59 Å². The van der Waals surface area contributed by atoms with Crippen molar-refractivity contribution < 1.29 is 9.53 Å². The summed E-state index contributed by atoms with van der Waals surface area (Å²) in [6, 6.07) is 6.08. The Labute approximate surface area is 207 Å². The number of fused-ring (bicyclic) bond motifs is 3. The average molecular weight is 474 g/mol. The van der Waals surface area contributed by atoms with Crippen molar-refractivity contribution in [2.24, 2.45) is 5.41 Å². The summed E-state index contributed by atoms with van der Waals surface area (Å²) in [5.74, 6) is 1.80. The molecule has 0 radical (unpaired) electrons. The highest BCUT2D eigenvalue weighted by Gasteiger charge is 2.39. The summed E-state index contributed by atoms with van der Waals surface area (Å²) in [5.41, 5.74) is 4.41. The molecule has 0 spiro atoms. The van der Waals surface area contributed by atoms with Crippen LogP contribution in [0.4, 0.5) is 5.82 Å². The van der Waals surface area contributed by atoms with E-state index in [1.54, 1.807) is 19.4 Å². The summed E-state index contributed by atoms with van der Waals surface area (Å²) in [7, 11) is 1.72. The van der Waals surface area contributed by atoms with Crippen LogP contribution in [0.3, 0.4) is 0 Å². The zero-order valence-corrected chi connectivity index (χ0v) is 21.4. The fraction of sp³-hybridized carbons (Fsp3) is 0.483. The van der Waals surface area contributed by atoms with Crippen LogP contribution in [0, 0.1) is 5.41 Å². The van der Waals surface area contributed by atoms with Gasteiger partial charge in [-0.25, -0.2) is 4.98 Å². The maximum absolute atomic E-state index is 12.8. The second-order valence-corrected chi connectivity index (χ2v) is 11.1. The van der Waals surface area contributed by atoms with Crippen molar-refractivity contribution in [3.63, 3.8) is 0 Å². The molecule has 35 heavy (non-hydrogen) atoms. The number of Topliss-reactive ketones (excluding diaryl/α,β-unsaturated/α-hetero) is 1. The number of methoxy groups -OCH3 is 1. The number of carbonyl (C=O) groups is 1. The van der Waals surface area contributed by atoms with Gasteiger partial charge < -0.3 is 14.2 Å². The quantitative estimate of drug-likeness (QED) is 0.548. The Hall–Kier alpha value is -3.15. The lowest BCUT2D eigenvalue weighted by molar-refractivity contribution is 0.101. The van der Waals surface area contributed by atoms with Crippen LogP contribution in [-0.2, 0) is 4.74 Å². The van der Waals surface area contributed by atoms with E-state index >= 15 is 0 Å². The van der Waals surface area contributed by atoms with Crippen LogP contribution in [0.5, 0.6) is 0 Å². The third kappa shape index (κ3) is 4.24. The van der Waals surface area contributed by atoms with Gasteiger partial charge in [0.25, 0.3) is 0 Å². The minimum absolute atomic E-state index is 0.0476. The van der Waals surface area contributed by atoms with E-state index in [1.165, 1.54) is 25.3 Å². The highest BCUT2D eigenvalue weighted by atomic mass is 16.5. The van der Waals surface area contributed by atoms with Crippen LogP contribution in [0.15, 0.2) is 52.8 Å². The van der Waals surface area contributed by atoms with Gasteiger partial charge in [-0.3, -0.25) is 9.59 Å². The predicted octanol–water partition coefficient (Wildman–Crippen LogP) is 5.51. The Morgan fingerprint density at radius 1 is 1.14 bits per heavy atom. The molecule has 1 fully saturated rings. The van der Waals surface area contributed by atoms with Gasteiger partial charge in [0, 0.05) is 66.8 Å². The highest BCUT2D eigenvalue weighted by Crippen LogP contribution is 2.50. The van der Waals surface area contributed by atoms with Gasteiger partial charge in [-0.05, 0) is 43.7 Å². The van der Waals surface area contributed by atoms with Gasteiger partial charge in [0.05, 0.1) is 12.7 Å². The normalized spacial score (nSPS) is 22.0. The molecule has 2 atom stereocenters. The number of hydrogen-bond acceptors (Lipinski definition) is 5. The summed E-state index contributed by atoms with van der Waals surface area (Å²) in [4.78, 5) is 32.1. The summed E-state index contributed by atoms with van der Waals surface area (Å²) < 4.78 is 8.08. The molecule has 6 heteroatoms. The predicted molar refractivity (Wildman–Crippen MR) is 139 cm³/mol. The number of allylic oxidation sites excluding steroid dienone is 4. The van der Waals surface area contributed by atoms with E-state index < -0.39 is 0 Å². The fourth-order valence-electron chi connectivity index (χ4n) is 5.83. The average Bonchev–Trinajstić information content (AvgIpc) is 3.36. The van der Waals surface area contributed by atoms with Crippen molar-refractivity contribution in [1.29, 1.82) is 0 Å². The van der Waals surface area contributed by atoms with Crippen LogP contribution >= 0.6 is 0 Å². The van der Waals surface area contributed by atoms with E-state index in [-0.39, 0.29) is 34.2 Å². The van der Waals surface area contributed by atoms with Gasteiger partial charge in [0.2, 0.25) is 0 Å². The van der Waals surface area contributed by atoms with Crippen molar-refractivity contribution in [1.82, 2.24) is 9.55 Å². The summed E-state index contributed by atoms with van der Waals surface area (Å²) >= 11 is 0. The third-order valence-corrected chi connectivity index (χ3v) is 7.81. The Morgan fingerprint density at radius 2 is 1.89 bits per heavy atom. The number of hydrogen-bond donors (Lipinski definition) is 0. The molecule has 0 aromatic carbocycles. The Balaban J connectivity index is 1.57. The molecule has 2 aromatic heterocycles. The minimum Gasteiger partial charge on any atom is -0.500 e. The molecule has 6 nitrogen and oxygen atoms in total. The lowest BCUT2D eigenvalue weighted by atomic mass is 9.72. The van der Waals surface area contributed by atoms with E-state index in [0.717, 1.165) is 47.9 Å². The first-order chi connectivity index (χ1) is 16.7. The standard InChI is InChI=1S/C29H35N3O3/c1-18(33)23-17-32-24(15-25(23)34)21-14-26(35-5)22(12-20(21)13-27(32)29(2,3)4)19-8-9-28(30-16-19)31-10-6-7-11-31/h8-9,12,15-17,21,27H,6-7,10-11,13-14H2,1-5H3. The summed E-state index contributed by atoms with van der Waals surface area (Å²) in [6.07, 6.45) is 10.0. The Kier molecular flexibility index (Phi) is 5.94. The molecule has 2 aliphatic heterocycles. The van der Waals surface area contributed by atoms with Crippen molar-refractivity contribution in [3.05, 3.63) is 75.0 Å². The van der Waals surface area contributed by atoms with Gasteiger partial charge in [-0.2, -0.15) is 0 Å². The first-order valence-electron chi connectivity index (χ1n) is 12.6. The second kappa shape index (κ2) is 8.81. The molecule has 3 aliphatic rings. The second-order valence-electron chi connectivity index (χ2n) is 11.1. The molecule has 4 heterocycles. The lowest BCUT2D eigenvalue weighted by Crippen LogP contribution is -2.35. The maximum Gasteiger partial charge on any atom is 0.192 e. The summed E-state index contributed by atoms with van der Waals surface area (Å²) in [6.45, 7) is 10.3. The van der Waals surface area contributed by atoms with Gasteiger partial charge in [-0.1, -0.05) is 32.4 Å². The van der Waals surface area contributed by atoms with Crippen LogP contribution in [-0.4, -0.2) is 35.5 Å². The molecule has 0 saturated carbocycles. The first kappa shape index (κ1) is 23.6. The van der Waals surface area contributed by atoms with Gasteiger partial charge >= 0.3 is 0 Å². The zero-order chi connectivity index (χ0) is 24.9. The van der Waals surface area contributed by atoms with E-state index in [4.69, 9.17) is 9.72 Å². The molecule has 2 unspecified atom stereocenters. The molecule has 5 rings (SSSR count). The van der Waals surface area contributed by atoms with E-state index in [1.807, 2.05) is 6.20 Å². The maximum atomic E-state index is 12.8. The number of anilines is 1. The first-order valence-corrected chi connectivity index (χ1v) is 12.6. The molecule has 0 N–H and O–H groups in total. The largest absolute Gasteiger partial charge is 0.500 e. The zero-order valence-electron chi connectivity index (χ0n) is 21.4. The number of carbonyl (C=O) groups excluding carboxylic acids is 1. The van der Waals surface area contributed by atoms with Crippen molar-refractivity contribution in [3.8, 4) is 0 Å². The molecule has 0 amide bonds. The number of rotatable bonds is 4. The molecular formula is C29H35N3O3. The van der Waals surface area contributed by atoms with Crippen molar-refractivity contribution >= 4 is 17.2 Å². The van der Waals surface area contributed by atoms with Gasteiger partial charge in [-0.15, -0.1) is 0 Å². The number of nitrogens with zero attached hydrogens (tertiary/aromatic N) is 3. The van der Waals surface area contributed by atoms with E-state index in [2.05, 4.69) is 48.4 Å². The third-order valence-electron chi connectivity index (χ3n) is 7.81. The lowest BCUT2D eigenvalue weighted by Gasteiger charge is -2.43. The molecular weight excluding hydrogens is 438 g/mol. The van der Waals surface area contributed by atoms with Gasteiger partial charge in [0.1, 0.15) is 11.6 Å². The van der Waals surface area contributed by atoms with Gasteiger partial charge in [0.15, 0.2) is 11.2 Å². The highest BCUT2D eigenvalue weighted by molar-refractivity contribution is 5.93. The molecule has 2 aromatic rings. The smallest absolute Gasteiger partial charge is 0.192 e. The topological polar surface area (TPSA) is 64.4 Å². The van der Waals surface area contributed by atoms with Crippen molar-refractivity contribution in [2.75, 3.05) is 25.1 Å². The van der Waals surface area contributed by atoms with Crippen molar-refractivity contribution in [2.45, 2.75) is 65.3 Å². The SMILES string of the molecule is COC1=C(c2ccc(N3CCCC3)nc2)C=C2CC(C(C)(C)C)n3cc(C(C)=O)c(=O)cc3C2C1. The fourth-order valence-corrected chi connectivity index (χ4v) is 5.83. The van der Waals surface area contributed by atoms with E-state index in [0.29, 0.717) is 6.42 Å². The Bertz CT molecular complexity index is 1270. The molecule has 1 aliphatic carbocycles. The van der Waals surface area contributed by atoms with Crippen LogP contribution < -0.4 is 10.3 Å². The number of aromatic nitrogens is 2. The number of pyridine rings is 2. The van der Waals surface area contributed by atoms with Crippen LogP contribution in [0.2, 0.25) is 0 Å². The van der Waals surface area contributed by atoms with Crippen LogP contribution in [0.1, 0.15) is 87.0 Å². The Morgan fingerprint density at radius 3 is 2.49 bits per heavy atom. The molecule has 1 saturated heterocycles. The monoisotopic (exact) mass is 473 g/mol. The summed E-state index contributed by atoms with van der Waals surface area (Å²) in [5, 5.41) is 0. The minimum atomic E-state index is -0.201.